The molecule has 2 amide bonds. The molecule has 0 spiro atoms. The number of hydrogen-bond donors (Lipinski definition) is 1. The molecule has 0 heterocycles. The van der Waals surface area contributed by atoms with Crippen LogP contribution in [0.5, 0.6) is 0 Å². The SMILES string of the molecule is CC(=NC(=O)NC(C)C)N(C)C. The van der Waals surface area contributed by atoms with E-state index in [0.29, 0.717) is 5.84 Å². The van der Waals surface area contributed by atoms with E-state index in [-0.39, 0.29) is 12.1 Å². The first-order chi connectivity index (χ1) is 5.43. The Morgan fingerprint density at radius 2 is 1.92 bits per heavy atom. The fourth-order valence-electron chi connectivity index (χ4n) is 0.526. The minimum Gasteiger partial charge on any atom is -0.366 e. The second kappa shape index (κ2) is 4.74. The van der Waals surface area contributed by atoms with Gasteiger partial charge in [-0.2, -0.15) is 4.99 Å². The molecule has 4 heteroatoms. The Hall–Kier alpha value is -1.06. The molecule has 0 aromatic carbocycles. The number of amidine groups is 1. The first-order valence-electron chi connectivity index (χ1n) is 3.96. The Morgan fingerprint density at radius 1 is 1.42 bits per heavy atom. The van der Waals surface area contributed by atoms with Crippen LogP contribution in [0, 0.1) is 0 Å². The van der Waals surface area contributed by atoms with Gasteiger partial charge in [0, 0.05) is 20.1 Å². The van der Waals surface area contributed by atoms with E-state index in [2.05, 4.69) is 10.3 Å². The molecule has 0 fully saturated rings. The summed E-state index contributed by atoms with van der Waals surface area (Å²) in [5, 5.41) is 2.68. The number of amides is 2. The molecule has 0 aromatic heterocycles. The molecule has 0 unspecified atom stereocenters. The van der Waals surface area contributed by atoms with Gasteiger partial charge in [0.25, 0.3) is 0 Å². The van der Waals surface area contributed by atoms with E-state index in [1.54, 1.807) is 11.8 Å². The van der Waals surface area contributed by atoms with Gasteiger partial charge in [-0.05, 0) is 20.8 Å². The van der Waals surface area contributed by atoms with Gasteiger partial charge in [0.2, 0.25) is 0 Å². The predicted molar refractivity (Wildman–Crippen MR) is 50.5 cm³/mol. The quantitative estimate of drug-likeness (QED) is 0.474. The molecular weight excluding hydrogens is 154 g/mol. The number of hydrogen-bond acceptors (Lipinski definition) is 1. The molecule has 0 bridgehead atoms. The predicted octanol–water partition coefficient (Wildman–Crippen LogP) is 1.08. The van der Waals surface area contributed by atoms with Gasteiger partial charge in [-0.1, -0.05) is 0 Å². The molecule has 0 aliphatic carbocycles. The highest BCUT2D eigenvalue weighted by Gasteiger charge is 2.01. The topological polar surface area (TPSA) is 44.7 Å². The van der Waals surface area contributed by atoms with Crippen molar-refractivity contribution in [2.24, 2.45) is 4.99 Å². The Labute approximate surface area is 73.7 Å². The summed E-state index contributed by atoms with van der Waals surface area (Å²) in [6, 6.07) is -0.146. The second-order valence-electron chi connectivity index (χ2n) is 3.16. The van der Waals surface area contributed by atoms with Crippen molar-refractivity contribution >= 4 is 11.9 Å². The summed E-state index contributed by atoms with van der Waals surface area (Å²) in [4.78, 5) is 16.6. The van der Waals surface area contributed by atoms with Crippen molar-refractivity contribution in [3.05, 3.63) is 0 Å². The molecule has 4 nitrogen and oxygen atoms in total. The zero-order valence-corrected chi connectivity index (χ0v) is 8.38. The van der Waals surface area contributed by atoms with Crippen LogP contribution < -0.4 is 5.32 Å². The number of carbonyl (C=O) groups excluding carboxylic acids is 1. The number of rotatable bonds is 1. The van der Waals surface area contributed by atoms with E-state index >= 15 is 0 Å². The van der Waals surface area contributed by atoms with Crippen molar-refractivity contribution < 1.29 is 4.79 Å². The van der Waals surface area contributed by atoms with Gasteiger partial charge >= 0.3 is 6.03 Å². The molecule has 0 rings (SSSR count). The van der Waals surface area contributed by atoms with Gasteiger partial charge in [0.05, 0.1) is 0 Å². The number of urea groups is 1. The fourth-order valence-corrected chi connectivity index (χ4v) is 0.526. The number of nitrogens with zero attached hydrogens (tertiary/aromatic N) is 2. The maximum Gasteiger partial charge on any atom is 0.342 e. The molecule has 0 aliphatic heterocycles. The minimum absolute atomic E-state index is 0.135. The summed E-state index contributed by atoms with van der Waals surface area (Å²) in [5.74, 6) is 0.702. The summed E-state index contributed by atoms with van der Waals surface area (Å²) < 4.78 is 0. The van der Waals surface area contributed by atoms with Gasteiger partial charge in [0.1, 0.15) is 5.84 Å². The van der Waals surface area contributed by atoms with E-state index in [4.69, 9.17) is 0 Å². The Bertz CT molecular complexity index is 185. The van der Waals surface area contributed by atoms with Gasteiger partial charge in [-0.15, -0.1) is 0 Å². The lowest BCUT2D eigenvalue weighted by atomic mass is 10.4. The van der Waals surface area contributed by atoms with E-state index in [0.717, 1.165) is 0 Å². The van der Waals surface area contributed by atoms with Crippen LogP contribution in [-0.4, -0.2) is 36.9 Å². The van der Waals surface area contributed by atoms with Gasteiger partial charge in [-0.25, -0.2) is 4.79 Å². The first kappa shape index (κ1) is 10.9. The second-order valence-corrected chi connectivity index (χ2v) is 3.16. The molecule has 70 valence electrons. The molecule has 0 saturated carbocycles. The zero-order chi connectivity index (χ0) is 9.72. The lowest BCUT2D eigenvalue weighted by Crippen LogP contribution is -2.30. The molecule has 12 heavy (non-hydrogen) atoms. The maximum atomic E-state index is 11.0. The third kappa shape index (κ3) is 4.71. The number of aliphatic imine (C=N–C) groups is 1. The lowest BCUT2D eigenvalue weighted by Gasteiger charge is -2.11. The highest BCUT2D eigenvalue weighted by atomic mass is 16.2. The third-order valence-electron chi connectivity index (χ3n) is 1.32. The van der Waals surface area contributed by atoms with Crippen LogP contribution in [0.1, 0.15) is 20.8 Å². The Balaban J connectivity index is 4.06. The molecule has 0 radical (unpaired) electrons. The normalized spacial score (nSPS) is 11.7. The van der Waals surface area contributed by atoms with Crippen LogP contribution in [-0.2, 0) is 0 Å². The average molecular weight is 171 g/mol. The monoisotopic (exact) mass is 171 g/mol. The van der Waals surface area contributed by atoms with E-state index in [1.807, 2.05) is 27.9 Å². The lowest BCUT2D eigenvalue weighted by molar-refractivity contribution is 0.247. The molecular formula is C8H17N3O. The Kier molecular flexibility index (Phi) is 4.33. The summed E-state index contributed by atoms with van der Waals surface area (Å²) in [7, 11) is 3.70. The highest BCUT2D eigenvalue weighted by Crippen LogP contribution is 1.86. The average Bonchev–Trinajstić information content (AvgIpc) is 1.84. The van der Waals surface area contributed by atoms with Crippen LogP contribution in [0.3, 0.4) is 0 Å². The van der Waals surface area contributed by atoms with E-state index < -0.39 is 0 Å². The Morgan fingerprint density at radius 3 is 2.25 bits per heavy atom. The van der Waals surface area contributed by atoms with Crippen molar-refractivity contribution in [3.8, 4) is 0 Å². The standard InChI is InChI=1S/C8H17N3O/c1-6(2)9-8(12)10-7(3)11(4)5/h6H,1-5H3,(H,9,12). The molecule has 0 atom stereocenters. The molecule has 0 saturated heterocycles. The number of carbonyl (C=O) groups is 1. The van der Waals surface area contributed by atoms with Crippen molar-refractivity contribution in [2.45, 2.75) is 26.8 Å². The van der Waals surface area contributed by atoms with Crippen molar-refractivity contribution in [2.75, 3.05) is 14.1 Å². The highest BCUT2D eigenvalue weighted by molar-refractivity contribution is 5.92. The van der Waals surface area contributed by atoms with Crippen molar-refractivity contribution in [3.63, 3.8) is 0 Å². The van der Waals surface area contributed by atoms with E-state index in [1.165, 1.54) is 0 Å². The fraction of sp³-hybridized carbons (Fsp3) is 0.750. The molecule has 0 aromatic rings. The first-order valence-corrected chi connectivity index (χ1v) is 3.96. The number of nitrogens with one attached hydrogen (secondary N) is 1. The van der Waals surface area contributed by atoms with Crippen LogP contribution >= 0.6 is 0 Å². The molecule has 1 N–H and O–H groups in total. The van der Waals surface area contributed by atoms with Crippen molar-refractivity contribution in [1.29, 1.82) is 0 Å². The van der Waals surface area contributed by atoms with Gasteiger partial charge in [-0.3, -0.25) is 0 Å². The minimum atomic E-state index is -0.281. The summed E-state index contributed by atoms with van der Waals surface area (Å²) in [6.07, 6.45) is 0. The van der Waals surface area contributed by atoms with Crippen molar-refractivity contribution in [1.82, 2.24) is 10.2 Å². The summed E-state index contributed by atoms with van der Waals surface area (Å²) >= 11 is 0. The van der Waals surface area contributed by atoms with Crippen LogP contribution in [0.2, 0.25) is 0 Å². The van der Waals surface area contributed by atoms with Crippen LogP contribution in [0.15, 0.2) is 4.99 Å². The third-order valence-corrected chi connectivity index (χ3v) is 1.32. The zero-order valence-electron chi connectivity index (χ0n) is 8.38. The summed E-state index contributed by atoms with van der Waals surface area (Å²) in [5.41, 5.74) is 0. The summed E-state index contributed by atoms with van der Waals surface area (Å²) in [6.45, 7) is 5.59. The smallest absolute Gasteiger partial charge is 0.342 e. The van der Waals surface area contributed by atoms with Gasteiger partial charge in [0.15, 0.2) is 0 Å². The van der Waals surface area contributed by atoms with Crippen LogP contribution in [0.25, 0.3) is 0 Å². The largest absolute Gasteiger partial charge is 0.366 e. The molecule has 0 aliphatic rings. The van der Waals surface area contributed by atoms with Crippen LogP contribution in [0.4, 0.5) is 4.79 Å². The van der Waals surface area contributed by atoms with E-state index in [9.17, 15) is 4.79 Å². The maximum absolute atomic E-state index is 11.0. The van der Waals surface area contributed by atoms with Gasteiger partial charge < -0.3 is 10.2 Å².